The molecule has 118 valence electrons. The number of carbonyl (C=O) groups excluding carboxylic acids is 1. The summed E-state index contributed by atoms with van der Waals surface area (Å²) in [5, 5.41) is 9.59. The molecule has 0 spiro atoms. The van der Waals surface area contributed by atoms with Crippen LogP contribution in [-0.4, -0.2) is 28.2 Å². The largest absolute Gasteiger partial charge is 0.331 e. The second-order valence-corrected chi connectivity index (χ2v) is 5.71. The molecule has 0 aliphatic heterocycles. The quantitative estimate of drug-likeness (QED) is 0.829. The van der Waals surface area contributed by atoms with Crippen molar-refractivity contribution in [1.29, 1.82) is 0 Å². The molecule has 0 fully saturated rings. The van der Waals surface area contributed by atoms with E-state index >= 15 is 0 Å². The molecule has 2 amide bonds. The van der Waals surface area contributed by atoms with Crippen molar-refractivity contribution in [2.45, 2.75) is 19.5 Å². The van der Waals surface area contributed by atoms with Gasteiger partial charge in [0.15, 0.2) is 0 Å². The van der Waals surface area contributed by atoms with E-state index in [1.807, 2.05) is 0 Å². The molecule has 0 aliphatic rings. The summed E-state index contributed by atoms with van der Waals surface area (Å²) in [6.07, 6.45) is 1.61. The number of hydrogen-bond donors (Lipinski definition) is 2. The number of carbonyl (C=O) groups is 1. The van der Waals surface area contributed by atoms with Crippen LogP contribution >= 0.6 is 23.2 Å². The van der Waals surface area contributed by atoms with Gasteiger partial charge < -0.3 is 10.2 Å². The first-order valence-corrected chi connectivity index (χ1v) is 7.28. The van der Waals surface area contributed by atoms with Gasteiger partial charge in [0.25, 0.3) is 0 Å². The molecule has 1 unspecified atom stereocenters. The van der Waals surface area contributed by atoms with Crippen LogP contribution in [0.3, 0.4) is 0 Å². The lowest BCUT2D eigenvalue weighted by Gasteiger charge is -2.22. The Bertz CT molecular complexity index is 663. The maximum Gasteiger partial charge on any atom is 0.317 e. The molecule has 2 N–H and O–H groups in total. The monoisotopic (exact) mass is 344 g/mol. The molecule has 1 aromatic heterocycles. The number of H-pyrrole nitrogens is 1. The van der Waals surface area contributed by atoms with Crippen LogP contribution in [0, 0.1) is 5.82 Å². The molecule has 2 aromatic rings. The number of halogens is 3. The molecule has 0 bridgehead atoms. The Morgan fingerprint density at radius 1 is 1.45 bits per heavy atom. The van der Waals surface area contributed by atoms with Gasteiger partial charge in [0, 0.05) is 18.3 Å². The molecule has 2 rings (SSSR count). The highest BCUT2D eigenvalue weighted by Gasteiger charge is 2.17. The number of benzene rings is 1. The maximum absolute atomic E-state index is 13.5. The number of aromatic amines is 1. The van der Waals surface area contributed by atoms with E-state index < -0.39 is 11.9 Å². The molecular formula is C14H15Cl2FN4O. The Labute approximate surface area is 137 Å². The van der Waals surface area contributed by atoms with Crippen LogP contribution in [0.25, 0.3) is 0 Å². The summed E-state index contributed by atoms with van der Waals surface area (Å²) in [7, 11) is 1.65. The topological polar surface area (TPSA) is 61.0 Å². The number of nitrogens with one attached hydrogen (secondary N) is 2. The third kappa shape index (κ3) is 3.90. The zero-order chi connectivity index (χ0) is 16.3. The summed E-state index contributed by atoms with van der Waals surface area (Å²) in [5.74, 6) is -0.576. The highest BCUT2D eigenvalue weighted by atomic mass is 35.5. The molecule has 1 atom stereocenters. The van der Waals surface area contributed by atoms with E-state index in [1.54, 1.807) is 26.2 Å². The molecule has 5 nitrogen and oxygen atoms in total. The number of amides is 2. The van der Waals surface area contributed by atoms with Crippen molar-refractivity contribution >= 4 is 29.2 Å². The van der Waals surface area contributed by atoms with E-state index in [-0.39, 0.29) is 11.1 Å². The van der Waals surface area contributed by atoms with Crippen molar-refractivity contribution in [1.82, 2.24) is 20.4 Å². The molecule has 1 aromatic carbocycles. The van der Waals surface area contributed by atoms with Gasteiger partial charge in [-0.3, -0.25) is 5.10 Å². The first-order valence-electron chi connectivity index (χ1n) is 6.52. The Morgan fingerprint density at radius 2 is 2.18 bits per heavy atom. The van der Waals surface area contributed by atoms with Crippen LogP contribution < -0.4 is 5.32 Å². The zero-order valence-electron chi connectivity index (χ0n) is 12.0. The normalized spacial score (nSPS) is 12.0. The van der Waals surface area contributed by atoms with Crippen LogP contribution in [0.1, 0.15) is 24.2 Å². The molecule has 1 heterocycles. The third-order valence-electron chi connectivity index (χ3n) is 3.16. The molecule has 0 aliphatic carbocycles. The van der Waals surface area contributed by atoms with Crippen LogP contribution in [0.2, 0.25) is 10.0 Å². The van der Waals surface area contributed by atoms with E-state index in [9.17, 15) is 9.18 Å². The van der Waals surface area contributed by atoms with E-state index in [4.69, 9.17) is 23.2 Å². The van der Waals surface area contributed by atoms with Gasteiger partial charge in [0.1, 0.15) is 5.82 Å². The summed E-state index contributed by atoms with van der Waals surface area (Å²) < 4.78 is 13.5. The van der Waals surface area contributed by atoms with Crippen LogP contribution in [0.4, 0.5) is 9.18 Å². The summed E-state index contributed by atoms with van der Waals surface area (Å²) in [6.45, 7) is 2.10. The van der Waals surface area contributed by atoms with E-state index in [2.05, 4.69) is 15.5 Å². The predicted octanol–water partition coefficient (Wildman–Crippen LogP) is 3.76. The summed E-state index contributed by atoms with van der Waals surface area (Å²) >= 11 is 11.7. The Hall–Kier alpha value is -1.79. The first kappa shape index (κ1) is 16.6. The molecule has 8 heteroatoms. The lowest BCUT2D eigenvalue weighted by atomic mass is 10.1. The molecule has 0 radical (unpaired) electrons. The van der Waals surface area contributed by atoms with Crippen molar-refractivity contribution in [3.05, 3.63) is 51.5 Å². The minimum absolute atomic E-state index is 0.0522. The van der Waals surface area contributed by atoms with Gasteiger partial charge in [-0.1, -0.05) is 23.2 Å². The van der Waals surface area contributed by atoms with Crippen molar-refractivity contribution in [3.8, 4) is 0 Å². The lowest BCUT2D eigenvalue weighted by Crippen LogP contribution is -2.38. The van der Waals surface area contributed by atoms with Crippen molar-refractivity contribution < 1.29 is 9.18 Å². The Kier molecular flexibility index (Phi) is 5.26. The third-order valence-corrected chi connectivity index (χ3v) is 3.78. The summed E-state index contributed by atoms with van der Waals surface area (Å²) in [5.41, 5.74) is 1.27. The maximum atomic E-state index is 13.5. The zero-order valence-corrected chi connectivity index (χ0v) is 13.5. The highest BCUT2D eigenvalue weighted by molar-refractivity contribution is 6.35. The molecular weight excluding hydrogens is 330 g/mol. The Balaban J connectivity index is 2.03. The highest BCUT2D eigenvalue weighted by Crippen LogP contribution is 2.28. The van der Waals surface area contributed by atoms with E-state index in [1.165, 1.54) is 17.0 Å². The number of rotatable bonds is 4. The number of nitrogens with zero attached hydrogens (tertiary/aromatic N) is 2. The van der Waals surface area contributed by atoms with Crippen molar-refractivity contribution in [2.24, 2.45) is 0 Å². The van der Waals surface area contributed by atoms with E-state index in [0.29, 0.717) is 17.1 Å². The number of hydrogen-bond acceptors (Lipinski definition) is 2. The van der Waals surface area contributed by atoms with Gasteiger partial charge in [-0.15, -0.1) is 0 Å². The van der Waals surface area contributed by atoms with Gasteiger partial charge in [0.05, 0.1) is 23.3 Å². The fourth-order valence-corrected chi connectivity index (χ4v) is 2.49. The number of aromatic nitrogens is 2. The summed E-state index contributed by atoms with van der Waals surface area (Å²) in [6, 6.07) is 3.55. The predicted molar refractivity (Wildman–Crippen MR) is 83.4 cm³/mol. The van der Waals surface area contributed by atoms with Gasteiger partial charge in [-0.2, -0.15) is 5.10 Å². The number of urea groups is 1. The molecule has 0 saturated heterocycles. The Morgan fingerprint density at radius 3 is 2.82 bits per heavy atom. The fourth-order valence-electron chi connectivity index (χ4n) is 1.94. The van der Waals surface area contributed by atoms with E-state index in [0.717, 1.165) is 5.69 Å². The average Bonchev–Trinajstić information content (AvgIpc) is 2.95. The van der Waals surface area contributed by atoms with Gasteiger partial charge in [-0.05, 0) is 30.7 Å². The smallest absolute Gasteiger partial charge is 0.317 e. The SMILES string of the molecule is CC(NC(=O)N(C)Cc1ccn[nH]1)c1cc(F)c(Cl)cc1Cl. The van der Waals surface area contributed by atoms with Gasteiger partial charge in [0.2, 0.25) is 0 Å². The first-order chi connectivity index (χ1) is 10.4. The van der Waals surface area contributed by atoms with Crippen LogP contribution in [-0.2, 0) is 6.54 Å². The molecule has 22 heavy (non-hydrogen) atoms. The van der Waals surface area contributed by atoms with Crippen LogP contribution in [0.15, 0.2) is 24.4 Å². The van der Waals surface area contributed by atoms with Crippen molar-refractivity contribution in [3.63, 3.8) is 0 Å². The summed E-state index contributed by atoms with van der Waals surface area (Å²) in [4.78, 5) is 13.6. The fraction of sp³-hybridized carbons (Fsp3) is 0.286. The van der Waals surface area contributed by atoms with Gasteiger partial charge in [-0.25, -0.2) is 9.18 Å². The molecule has 0 saturated carbocycles. The minimum atomic E-state index is -0.576. The average molecular weight is 345 g/mol. The van der Waals surface area contributed by atoms with Crippen molar-refractivity contribution in [2.75, 3.05) is 7.05 Å². The van der Waals surface area contributed by atoms with Crippen LogP contribution in [0.5, 0.6) is 0 Å². The van der Waals surface area contributed by atoms with Gasteiger partial charge >= 0.3 is 6.03 Å². The standard InChI is InChI=1S/C14H15Cl2FN4O/c1-8(10-5-13(17)12(16)6-11(10)15)19-14(22)21(2)7-9-3-4-18-20-9/h3-6,8H,7H2,1-2H3,(H,18,20)(H,19,22). The minimum Gasteiger partial charge on any atom is -0.331 e. The lowest BCUT2D eigenvalue weighted by molar-refractivity contribution is 0.203. The second-order valence-electron chi connectivity index (χ2n) is 4.90. The second kappa shape index (κ2) is 6.98.